The van der Waals surface area contributed by atoms with Crippen molar-refractivity contribution in [3.05, 3.63) is 85.1 Å². The lowest BCUT2D eigenvalue weighted by Crippen LogP contribution is -1.94. The lowest BCUT2D eigenvalue weighted by atomic mass is 9.98. The van der Waals surface area contributed by atoms with Crippen molar-refractivity contribution < 1.29 is 10.2 Å². The van der Waals surface area contributed by atoms with E-state index in [1.54, 1.807) is 18.3 Å². The zero-order valence-corrected chi connectivity index (χ0v) is 13.9. The monoisotopic (exact) mass is 340 g/mol. The topological polar surface area (TPSA) is 66.2 Å². The van der Waals surface area contributed by atoms with Gasteiger partial charge < -0.3 is 10.2 Å². The minimum atomic E-state index is -0.0205. The summed E-state index contributed by atoms with van der Waals surface area (Å²) in [5.74, 6) is -0.0127. The van der Waals surface area contributed by atoms with Crippen molar-refractivity contribution in [1.82, 2.24) is 9.97 Å². The highest BCUT2D eigenvalue weighted by Gasteiger charge is 2.15. The Bertz CT molecular complexity index is 1050. The molecule has 0 fully saturated rings. The van der Waals surface area contributed by atoms with Gasteiger partial charge >= 0.3 is 0 Å². The molecule has 4 aromatic rings. The summed E-state index contributed by atoms with van der Waals surface area (Å²) < 4.78 is 0. The SMILES string of the molecule is Oc1ccc(-c2nc(-c3ccccn3)ccc2-c2ccccc2)c(O)c1. The van der Waals surface area contributed by atoms with Crippen molar-refractivity contribution in [2.45, 2.75) is 0 Å². The zero-order valence-electron chi connectivity index (χ0n) is 13.9. The van der Waals surface area contributed by atoms with Crippen LogP contribution in [0.25, 0.3) is 33.8 Å². The summed E-state index contributed by atoms with van der Waals surface area (Å²) >= 11 is 0. The molecule has 0 aliphatic carbocycles. The van der Waals surface area contributed by atoms with Crippen LogP contribution in [0.3, 0.4) is 0 Å². The lowest BCUT2D eigenvalue weighted by Gasteiger charge is -2.13. The van der Waals surface area contributed by atoms with E-state index in [4.69, 9.17) is 4.98 Å². The number of hydrogen-bond acceptors (Lipinski definition) is 4. The fraction of sp³-hybridized carbons (Fsp3) is 0. The number of aromatic nitrogens is 2. The predicted octanol–water partition coefficient (Wildman–Crippen LogP) is 4.89. The van der Waals surface area contributed by atoms with Crippen molar-refractivity contribution in [1.29, 1.82) is 0 Å². The molecular formula is C22H16N2O2. The Morgan fingerprint density at radius 3 is 2.15 bits per heavy atom. The van der Waals surface area contributed by atoms with Crippen LogP contribution in [-0.4, -0.2) is 20.2 Å². The molecule has 2 N–H and O–H groups in total. The maximum Gasteiger partial charge on any atom is 0.128 e. The van der Waals surface area contributed by atoms with Crippen LogP contribution in [0, 0.1) is 0 Å². The van der Waals surface area contributed by atoms with Crippen molar-refractivity contribution in [2.75, 3.05) is 0 Å². The van der Waals surface area contributed by atoms with Crippen molar-refractivity contribution in [3.8, 4) is 45.3 Å². The highest BCUT2D eigenvalue weighted by atomic mass is 16.3. The molecule has 0 bridgehead atoms. The number of hydrogen-bond donors (Lipinski definition) is 2. The second-order valence-electron chi connectivity index (χ2n) is 5.88. The number of benzene rings is 2. The molecule has 0 saturated heterocycles. The van der Waals surface area contributed by atoms with E-state index in [0.29, 0.717) is 17.0 Å². The van der Waals surface area contributed by atoms with Gasteiger partial charge in [-0.25, -0.2) is 4.98 Å². The van der Waals surface area contributed by atoms with Crippen LogP contribution in [0.15, 0.2) is 85.1 Å². The molecule has 2 aromatic carbocycles. The Hall–Kier alpha value is -3.66. The highest BCUT2D eigenvalue weighted by Crippen LogP contribution is 2.38. The third-order valence-corrected chi connectivity index (χ3v) is 4.14. The van der Waals surface area contributed by atoms with E-state index in [1.165, 1.54) is 6.07 Å². The Morgan fingerprint density at radius 1 is 0.654 bits per heavy atom. The van der Waals surface area contributed by atoms with Crippen LogP contribution in [0.5, 0.6) is 11.5 Å². The summed E-state index contributed by atoms with van der Waals surface area (Å²) in [4.78, 5) is 9.13. The Morgan fingerprint density at radius 2 is 1.42 bits per heavy atom. The second-order valence-corrected chi connectivity index (χ2v) is 5.88. The molecule has 4 heteroatoms. The molecule has 2 aromatic heterocycles. The van der Waals surface area contributed by atoms with E-state index >= 15 is 0 Å². The number of pyridine rings is 2. The third kappa shape index (κ3) is 3.00. The number of rotatable bonds is 3. The van der Waals surface area contributed by atoms with E-state index in [0.717, 1.165) is 16.8 Å². The highest BCUT2D eigenvalue weighted by molar-refractivity contribution is 5.85. The van der Waals surface area contributed by atoms with Gasteiger partial charge in [0, 0.05) is 23.4 Å². The van der Waals surface area contributed by atoms with Crippen molar-refractivity contribution in [3.63, 3.8) is 0 Å². The molecule has 0 unspecified atom stereocenters. The maximum atomic E-state index is 10.4. The minimum Gasteiger partial charge on any atom is -0.508 e. The zero-order chi connectivity index (χ0) is 17.9. The fourth-order valence-corrected chi connectivity index (χ4v) is 2.89. The van der Waals surface area contributed by atoms with Gasteiger partial charge in [-0.3, -0.25) is 4.98 Å². The maximum absolute atomic E-state index is 10.4. The average Bonchev–Trinajstić information content (AvgIpc) is 2.69. The van der Waals surface area contributed by atoms with E-state index in [-0.39, 0.29) is 11.5 Å². The van der Waals surface area contributed by atoms with Crippen LogP contribution >= 0.6 is 0 Å². The normalized spacial score (nSPS) is 10.6. The quantitative estimate of drug-likeness (QED) is 0.557. The van der Waals surface area contributed by atoms with Gasteiger partial charge in [0.15, 0.2) is 0 Å². The van der Waals surface area contributed by atoms with Gasteiger partial charge in [-0.15, -0.1) is 0 Å². The molecule has 0 aliphatic heterocycles. The standard InChI is InChI=1S/C22H16N2O2/c25-16-9-10-18(21(26)14-16)22-17(15-6-2-1-3-7-15)11-12-20(24-22)19-8-4-5-13-23-19/h1-14,25-26H. The summed E-state index contributed by atoms with van der Waals surface area (Å²) in [6.45, 7) is 0. The molecule has 0 radical (unpaired) electrons. The lowest BCUT2D eigenvalue weighted by molar-refractivity contribution is 0.452. The van der Waals surface area contributed by atoms with E-state index in [1.807, 2.05) is 60.7 Å². The van der Waals surface area contributed by atoms with Gasteiger partial charge in [-0.1, -0.05) is 36.4 Å². The number of phenolic OH excluding ortho intramolecular Hbond substituents is 2. The van der Waals surface area contributed by atoms with Crippen LogP contribution in [0.4, 0.5) is 0 Å². The Balaban J connectivity index is 1.95. The van der Waals surface area contributed by atoms with E-state index in [9.17, 15) is 10.2 Å². The average molecular weight is 340 g/mol. The van der Waals surface area contributed by atoms with E-state index < -0.39 is 0 Å². The molecule has 4 rings (SSSR count). The molecule has 0 saturated carbocycles. The van der Waals surface area contributed by atoms with Gasteiger partial charge in [0.2, 0.25) is 0 Å². The summed E-state index contributed by atoms with van der Waals surface area (Å²) in [5.41, 5.74) is 4.55. The first-order valence-corrected chi connectivity index (χ1v) is 8.22. The smallest absolute Gasteiger partial charge is 0.128 e. The Labute approximate surface area is 151 Å². The first-order valence-electron chi connectivity index (χ1n) is 8.22. The molecule has 126 valence electrons. The fourth-order valence-electron chi connectivity index (χ4n) is 2.89. The summed E-state index contributed by atoms with van der Waals surface area (Å²) in [5, 5.41) is 20.0. The second kappa shape index (κ2) is 6.69. The van der Waals surface area contributed by atoms with Gasteiger partial charge in [0.1, 0.15) is 11.5 Å². The van der Waals surface area contributed by atoms with Crippen LogP contribution < -0.4 is 0 Å². The number of nitrogens with zero attached hydrogens (tertiary/aromatic N) is 2. The predicted molar refractivity (Wildman–Crippen MR) is 102 cm³/mol. The molecular weight excluding hydrogens is 324 g/mol. The Kier molecular flexibility index (Phi) is 4.07. The number of aromatic hydroxyl groups is 2. The molecule has 0 atom stereocenters. The van der Waals surface area contributed by atoms with Gasteiger partial charge in [0.05, 0.1) is 17.1 Å². The van der Waals surface area contributed by atoms with Gasteiger partial charge in [0.25, 0.3) is 0 Å². The molecule has 0 spiro atoms. The molecule has 2 heterocycles. The van der Waals surface area contributed by atoms with Gasteiger partial charge in [-0.2, -0.15) is 0 Å². The summed E-state index contributed by atoms with van der Waals surface area (Å²) in [6, 6.07) is 24.0. The minimum absolute atomic E-state index is 0.00777. The van der Waals surface area contributed by atoms with Crippen LogP contribution in [0.2, 0.25) is 0 Å². The molecule has 0 amide bonds. The van der Waals surface area contributed by atoms with E-state index in [2.05, 4.69) is 4.98 Å². The summed E-state index contributed by atoms with van der Waals surface area (Å²) in [6.07, 6.45) is 1.72. The van der Waals surface area contributed by atoms with Crippen LogP contribution in [-0.2, 0) is 0 Å². The largest absolute Gasteiger partial charge is 0.508 e. The van der Waals surface area contributed by atoms with Crippen molar-refractivity contribution in [2.24, 2.45) is 0 Å². The molecule has 26 heavy (non-hydrogen) atoms. The molecule has 0 aliphatic rings. The first kappa shape index (κ1) is 15.8. The van der Waals surface area contributed by atoms with Crippen LogP contribution in [0.1, 0.15) is 0 Å². The van der Waals surface area contributed by atoms with Gasteiger partial charge in [-0.05, 0) is 42.0 Å². The van der Waals surface area contributed by atoms with Crippen molar-refractivity contribution >= 4 is 0 Å². The third-order valence-electron chi connectivity index (χ3n) is 4.14. The molecule has 4 nitrogen and oxygen atoms in total. The number of phenols is 2. The summed E-state index contributed by atoms with van der Waals surface area (Å²) in [7, 11) is 0. The first-order chi connectivity index (χ1) is 12.7.